The molecule has 1 atom stereocenters. The predicted octanol–water partition coefficient (Wildman–Crippen LogP) is 3.46. The Hall–Kier alpha value is -1.61. The summed E-state index contributed by atoms with van der Waals surface area (Å²) in [5.41, 5.74) is 6.85. The van der Waals surface area contributed by atoms with Crippen LogP contribution in [0.25, 0.3) is 6.08 Å². The summed E-state index contributed by atoms with van der Waals surface area (Å²) in [6.45, 7) is 9.26. The molecule has 1 rings (SSSR count). The summed E-state index contributed by atoms with van der Waals surface area (Å²) in [5.74, 6) is -0.376. The third kappa shape index (κ3) is 5.17. The number of nitrogens with two attached hydrogens (primary N) is 1. The van der Waals surface area contributed by atoms with Crippen molar-refractivity contribution in [2.75, 3.05) is 0 Å². The highest BCUT2D eigenvalue weighted by Crippen LogP contribution is 2.17. The summed E-state index contributed by atoms with van der Waals surface area (Å²) in [4.78, 5) is 12.0. The molecule has 0 aliphatic rings. The molecule has 1 aromatic carbocycles. The van der Waals surface area contributed by atoms with Crippen molar-refractivity contribution in [3.8, 4) is 0 Å². The fourth-order valence-electron chi connectivity index (χ4n) is 1.68. The molecule has 110 valence electrons. The van der Waals surface area contributed by atoms with Crippen LogP contribution in [0.5, 0.6) is 0 Å². The number of hydrogen-bond donors (Lipinski definition) is 1. The van der Waals surface area contributed by atoms with Crippen molar-refractivity contribution in [1.29, 1.82) is 0 Å². The molecule has 0 spiro atoms. The van der Waals surface area contributed by atoms with Gasteiger partial charge in [0.05, 0.1) is 0 Å². The molecular formula is C17H25NO2. The normalized spacial score (nSPS) is 15.1. The lowest BCUT2D eigenvalue weighted by atomic mass is 9.97. The monoisotopic (exact) mass is 275 g/mol. The van der Waals surface area contributed by atoms with Crippen LogP contribution >= 0.6 is 0 Å². The maximum Gasteiger partial charge on any atom is 0.326 e. The van der Waals surface area contributed by atoms with E-state index in [4.69, 9.17) is 10.5 Å². The third-order valence-corrected chi connectivity index (χ3v) is 2.89. The van der Waals surface area contributed by atoms with Crippen LogP contribution in [0.2, 0.25) is 0 Å². The molecule has 20 heavy (non-hydrogen) atoms. The quantitative estimate of drug-likeness (QED) is 0.856. The highest BCUT2D eigenvalue weighted by Gasteiger charge is 2.31. The Morgan fingerprint density at radius 3 is 2.40 bits per heavy atom. The Balaban J connectivity index is 2.68. The predicted molar refractivity (Wildman–Crippen MR) is 83.3 cm³/mol. The lowest BCUT2D eigenvalue weighted by Gasteiger charge is -2.27. The van der Waals surface area contributed by atoms with Crippen LogP contribution in [0.15, 0.2) is 30.3 Å². The lowest BCUT2D eigenvalue weighted by Crippen LogP contribution is -2.48. The van der Waals surface area contributed by atoms with E-state index in [1.54, 1.807) is 6.92 Å². The van der Waals surface area contributed by atoms with E-state index in [9.17, 15) is 4.79 Å². The van der Waals surface area contributed by atoms with E-state index >= 15 is 0 Å². The molecule has 0 unspecified atom stereocenters. The molecule has 3 nitrogen and oxygen atoms in total. The highest BCUT2D eigenvalue weighted by molar-refractivity contribution is 5.80. The first-order valence-electron chi connectivity index (χ1n) is 6.86. The average molecular weight is 275 g/mol. The lowest BCUT2D eigenvalue weighted by molar-refractivity contribution is -0.160. The zero-order chi connectivity index (χ0) is 15.4. The number of aryl methyl sites for hydroxylation is 1. The van der Waals surface area contributed by atoms with E-state index in [0.717, 1.165) is 5.56 Å². The van der Waals surface area contributed by atoms with Gasteiger partial charge in [0.25, 0.3) is 0 Å². The minimum Gasteiger partial charge on any atom is -0.459 e. The molecule has 0 fully saturated rings. The number of esters is 1. The van der Waals surface area contributed by atoms with Crippen LogP contribution in [-0.2, 0) is 9.53 Å². The second kappa shape index (κ2) is 6.23. The minimum absolute atomic E-state index is 0.376. The molecule has 3 heteroatoms. The van der Waals surface area contributed by atoms with Gasteiger partial charge >= 0.3 is 5.97 Å². The Morgan fingerprint density at radius 2 is 1.85 bits per heavy atom. The topological polar surface area (TPSA) is 52.3 Å². The first-order valence-corrected chi connectivity index (χ1v) is 6.86. The van der Waals surface area contributed by atoms with Crippen molar-refractivity contribution in [1.82, 2.24) is 0 Å². The molecule has 0 aromatic heterocycles. The summed E-state index contributed by atoms with van der Waals surface area (Å²) in [7, 11) is 0. The van der Waals surface area contributed by atoms with Gasteiger partial charge in [-0.1, -0.05) is 36.4 Å². The molecule has 0 aliphatic carbocycles. The molecule has 0 saturated carbocycles. The minimum atomic E-state index is -1.01. The molecule has 0 bridgehead atoms. The Morgan fingerprint density at radius 1 is 1.25 bits per heavy atom. The average Bonchev–Trinajstić information content (AvgIpc) is 2.29. The summed E-state index contributed by atoms with van der Waals surface area (Å²) >= 11 is 0. The Labute approximate surface area is 121 Å². The Bertz CT molecular complexity index is 496. The highest BCUT2D eigenvalue weighted by atomic mass is 16.6. The van der Waals surface area contributed by atoms with E-state index in [0.29, 0.717) is 6.42 Å². The third-order valence-electron chi connectivity index (χ3n) is 2.89. The molecular weight excluding hydrogens is 250 g/mol. The number of rotatable bonds is 4. The molecule has 0 radical (unpaired) electrons. The van der Waals surface area contributed by atoms with Gasteiger partial charge in [0, 0.05) is 0 Å². The van der Waals surface area contributed by atoms with Crippen LogP contribution < -0.4 is 5.73 Å². The standard InChI is InChI=1S/C17H25NO2/c1-13-9-6-7-10-14(13)11-8-12-17(5,18)15(19)20-16(2,3)4/h6-11H,12,18H2,1-5H3/b11-8+/t17-/m0/s1. The number of carbonyl (C=O) groups is 1. The van der Waals surface area contributed by atoms with Gasteiger partial charge in [0.2, 0.25) is 0 Å². The van der Waals surface area contributed by atoms with Crippen molar-refractivity contribution in [3.63, 3.8) is 0 Å². The van der Waals surface area contributed by atoms with Crippen LogP contribution in [0.4, 0.5) is 0 Å². The fraction of sp³-hybridized carbons (Fsp3) is 0.471. The van der Waals surface area contributed by atoms with Gasteiger partial charge in [-0.3, -0.25) is 4.79 Å². The van der Waals surface area contributed by atoms with E-state index in [-0.39, 0.29) is 5.97 Å². The fourth-order valence-corrected chi connectivity index (χ4v) is 1.68. The van der Waals surface area contributed by atoms with Gasteiger partial charge < -0.3 is 10.5 Å². The molecule has 0 saturated heterocycles. The molecule has 2 N–H and O–H groups in total. The van der Waals surface area contributed by atoms with Gasteiger partial charge in [-0.05, 0) is 52.2 Å². The van der Waals surface area contributed by atoms with Crippen molar-refractivity contribution in [2.24, 2.45) is 5.73 Å². The zero-order valence-corrected chi connectivity index (χ0v) is 13.1. The second-order valence-corrected chi connectivity index (χ2v) is 6.38. The summed E-state index contributed by atoms with van der Waals surface area (Å²) in [5, 5.41) is 0. The van der Waals surface area contributed by atoms with Gasteiger partial charge in [-0.25, -0.2) is 0 Å². The van der Waals surface area contributed by atoms with Gasteiger partial charge in [-0.15, -0.1) is 0 Å². The van der Waals surface area contributed by atoms with E-state index in [2.05, 4.69) is 13.0 Å². The summed E-state index contributed by atoms with van der Waals surface area (Å²) in [6.07, 6.45) is 4.35. The first kappa shape index (κ1) is 16.4. The maximum absolute atomic E-state index is 12.0. The van der Waals surface area contributed by atoms with Gasteiger partial charge in [0.15, 0.2) is 0 Å². The van der Waals surface area contributed by atoms with Crippen molar-refractivity contribution in [2.45, 2.75) is 52.2 Å². The molecule has 0 amide bonds. The first-order chi connectivity index (χ1) is 9.12. The van der Waals surface area contributed by atoms with Crippen LogP contribution in [0, 0.1) is 6.92 Å². The van der Waals surface area contributed by atoms with E-state index in [1.807, 2.05) is 51.1 Å². The summed E-state index contributed by atoms with van der Waals surface area (Å²) < 4.78 is 5.33. The largest absolute Gasteiger partial charge is 0.459 e. The molecule has 0 aliphatic heterocycles. The van der Waals surface area contributed by atoms with Crippen LogP contribution in [0.3, 0.4) is 0 Å². The summed E-state index contributed by atoms with van der Waals surface area (Å²) in [6, 6.07) is 8.07. The van der Waals surface area contributed by atoms with Crippen LogP contribution in [-0.4, -0.2) is 17.1 Å². The van der Waals surface area contributed by atoms with Crippen molar-refractivity contribution in [3.05, 3.63) is 41.5 Å². The van der Waals surface area contributed by atoms with Gasteiger partial charge in [0.1, 0.15) is 11.1 Å². The number of carbonyl (C=O) groups excluding carboxylic acids is 1. The zero-order valence-electron chi connectivity index (χ0n) is 13.1. The van der Waals surface area contributed by atoms with Crippen molar-refractivity contribution < 1.29 is 9.53 Å². The number of ether oxygens (including phenoxy) is 1. The molecule has 1 aromatic rings. The van der Waals surface area contributed by atoms with E-state index < -0.39 is 11.1 Å². The number of hydrogen-bond acceptors (Lipinski definition) is 3. The second-order valence-electron chi connectivity index (χ2n) is 6.38. The molecule has 0 heterocycles. The smallest absolute Gasteiger partial charge is 0.326 e. The van der Waals surface area contributed by atoms with Crippen molar-refractivity contribution >= 4 is 12.0 Å². The number of benzene rings is 1. The van der Waals surface area contributed by atoms with Gasteiger partial charge in [-0.2, -0.15) is 0 Å². The van der Waals surface area contributed by atoms with E-state index in [1.165, 1.54) is 5.56 Å². The maximum atomic E-state index is 12.0. The SMILES string of the molecule is Cc1ccccc1/C=C/C[C@](C)(N)C(=O)OC(C)(C)C. The Kier molecular flexibility index (Phi) is 5.12. The van der Waals surface area contributed by atoms with Crippen LogP contribution in [0.1, 0.15) is 45.2 Å².